The number of hydrogen-bond donors (Lipinski definition) is 2. The normalized spacial score (nSPS) is 12.1. The Kier molecular flexibility index (Phi) is 5.14. The summed E-state index contributed by atoms with van der Waals surface area (Å²) in [6.45, 7) is 0. The van der Waals surface area contributed by atoms with E-state index in [1.807, 2.05) is 0 Å². The molecular formula is C15H14ClF2N2O4S+. The van der Waals surface area contributed by atoms with Crippen LogP contribution in [0.1, 0.15) is 10.4 Å². The maximum Gasteiger partial charge on any atom is 0.437 e. The predicted molar refractivity (Wildman–Crippen MR) is 91.0 cm³/mol. The Labute approximate surface area is 148 Å². The van der Waals surface area contributed by atoms with Crippen molar-refractivity contribution in [2.75, 3.05) is 19.4 Å². The summed E-state index contributed by atoms with van der Waals surface area (Å²) >= 11 is 5.86. The molecule has 0 aliphatic rings. The first-order valence-corrected chi connectivity index (χ1v) is 8.59. The van der Waals surface area contributed by atoms with E-state index >= 15 is 0 Å². The second kappa shape index (κ2) is 6.68. The van der Waals surface area contributed by atoms with Crippen LogP contribution in [0.3, 0.4) is 0 Å². The van der Waals surface area contributed by atoms with E-state index in [0.717, 1.165) is 26.2 Å². The summed E-state index contributed by atoms with van der Waals surface area (Å²) in [5.41, 5.74) is -0.583. The van der Waals surface area contributed by atoms with Crippen LogP contribution < -0.4 is 9.21 Å². The predicted octanol–water partition coefficient (Wildman–Crippen LogP) is 3.24. The van der Waals surface area contributed by atoms with Crippen molar-refractivity contribution in [2.45, 2.75) is 0 Å². The summed E-state index contributed by atoms with van der Waals surface area (Å²) < 4.78 is 58.3. The van der Waals surface area contributed by atoms with Gasteiger partial charge in [0.1, 0.15) is 17.2 Å². The van der Waals surface area contributed by atoms with Crippen molar-refractivity contribution in [1.82, 2.24) is 3.89 Å². The van der Waals surface area contributed by atoms with Crippen LogP contribution in [0.15, 0.2) is 36.4 Å². The lowest BCUT2D eigenvalue weighted by atomic mass is 10.1. The standard InChI is InChI=1S/C15H13ClF2N2O4S/c1-20(2,25(22,23)24)14-6-3-9(16)7-11(14)15(21)19-13-5-4-10(17)8-12(13)18/h3-8H,1-2H3,(H-,19,21,22,23,24)/p+1. The minimum Gasteiger partial charge on any atom is -0.319 e. The molecule has 0 radical (unpaired) electrons. The van der Waals surface area contributed by atoms with E-state index in [2.05, 4.69) is 5.32 Å². The zero-order valence-electron chi connectivity index (χ0n) is 13.1. The molecule has 0 heterocycles. The number of hydrogen-bond acceptors (Lipinski definition) is 3. The molecule has 134 valence electrons. The SMILES string of the molecule is C[N+](C)(c1ccc(Cl)cc1C(=O)Nc1ccc(F)cc1F)S(=O)(=O)O. The van der Waals surface area contributed by atoms with E-state index in [-0.39, 0.29) is 22.0 Å². The second-order valence-corrected chi connectivity index (χ2v) is 7.78. The molecule has 0 saturated heterocycles. The highest BCUT2D eigenvalue weighted by Crippen LogP contribution is 2.30. The number of carbonyl (C=O) groups is 1. The minimum absolute atomic E-state index is 0.0908. The Morgan fingerprint density at radius 1 is 1.16 bits per heavy atom. The van der Waals surface area contributed by atoms with Crippen molar-refractivity contribution in [3.05, 3.63) is 58.6 Å². The van der Waals surface area contributed by atoms with E-state index in [9.17, 15) is 26.5 Å². The zero-order valence-corrected chi connectivity index (χ0v) is 14.7. The monoisotopic (exact) mass is 391 g/mol. The van der Waals surface area contributed by atoms with E-state index in [1.165, 1.54) is 18.2 Å². The molecule has 10 heteroatoms. The van der Waals surface area contributed by atoms with Gasteiger partial charge in [0.25, 0.3) is 5.91 Å². The third-order valence-corrected chi connectivity index (χ3v) is 5.12. The van der Waals surface area contributed by atoms with Crippen LogP contribution in [0, 0.1) is 11.6 Å². The van der Waals surface area contributed by atoms with Gasteiger partial charge >= 0.3 is 10.3 Å². The van der Waals surface area contributed by atoms with Gasteiger partial charge < -0.3 is 5.32 Å². The molecule has 0 fully saturated rings. The fourth-order valence-electron chi connectivity index (χ4n) is 2.06. The molecule has 0 spiro atoms. The molecular weight excluding hydrogens is 378 g/mol. The molecule has 0 saturated carbocycles. The van der Waals surface area contributed by atoms with Crippen LogP contribution in [-0.2, 0) is 10.3 Å². The number of anilines is 1. The second-order valence-electron chi connectivity index (χ2n) is 5.54. The van der Waals surface area contributed by atoms with E-state index < -0.39 is 31.7 Å². The summed E-state index contributed by atoms with van der Waals surface area (Å²) in [4.78, 5) is 12.5. The van der Waals surface area contributed by atoms with Gasteiger partial charge in [0.2, 0.25) is 0 Å². The van der Waals surface area contributed by atoms with Crippen molar-refractivity contribution >= 4 is 39.2 Å². The first kappa shape index (κ1) is 19.3. The fraction of sp³-hybridized carbons (Fsp3) is 0.133. The summed E-state index contributed by atoms with van der Waals surface area (Å²) in [6.07, 6.45) is 0. The van der Waals surface area contributed by atoms with Crippen LogP contribution in [0.4, 0.5) is 20.2 Å². The molecule has 0 unspecified atom stereocenters. The molecule has 2 rings (SSSR count). The third-order valence-electron chi connectivity index (χ3n) is 3.54. The Morgan fingerprint density at radius 2 is 1.80 bits per heavy atom. The lowest BCUT2D eigenvalue weighted by Gasteiger charge is -2.26. The van der Waals surface area contributed by atoms with Crippen LogP contribution >= 0.6 is 11.6 Å². The lowest BCUT2D eigenvalue weighted by molar-refractivity contribution is 0.102. The Bertz CT molecular complexity index is 949. The number of nitrogens with zero attached hydrogens (tertiary/aromatic N) is 1. The highest BCUT2D eigenvalue weighted by Gasteiger charge is 2.37. The highest BCUT2D eigenvalue weighted by molar-refractivity contribution is 7.85. The van der Waals surface area contributed by atoms with Gasteiger partial charge in [0.05, 0.1) is 19.8 Å². The smallest absolute Gasteiger partial charge is 0.319 e. The summed E-state index contributed by atoms with van der Waals surface area (Å²) in [5, 5.41) is 2.35. The number of nitrogens with one attached hydrogen (secondary N) is 1. The molecule has 0 aliphatic carbocycles. The first-order chi connectivity index (χ1) is 11.4. The maximum absolute atomic E-state index is 13.7. The largest absolute Gasteiger partial charge is 0.437 e. The first-order valence-electron chi connectivity index (χ1n) is 6.81. The number of halogens is 3. The lowest BCUT2D eigenvalue weighted by Crippen LogP contribution is -2.47. The molecule has 0 bridgehead atoms. The van der Waals surface area contributed by atoms with Crippen LogP contribution in [0.25, 0.3) is 0 Å². The topological polar surface area (TPSA) is 83.5 Å². The molecule has 2 aromatic carbocycles. The highest BCUT2D eigenvalue weighted by atomic mass is 35.5. The average molecular weight is 392 g/mol. The minimum atomic E-state index is -4.62. The number of benzene rings is 2. The molecule has 25 heavy (non-hydrogen) atoms. The van der Waals surface area contributed by atoms with Gasteiger partial charge in [-0.3, -0.25) is 4.79 Å². The van der Waals surface area contributed by atoms with Crippen molar-refractivity contribution in [2.24, 2.45) is 0 Å². The molecule has 0 aromatic heterocycles. The summed E-state index contributed by atoms with van der Waals surface area (Å²) in [6, 6.07) is 6.35. The van der Waals surface area contributed by atoms with Crippen molar-refractivity contribution < 1.29 is 26.5 Å². The van der Waals surface area contributed by atoms with Crippen molar-refractivity contribution in [1.29, 1.82) is 0 Å². The number of rotatable bonds is 4. The van der Waals surface area contributed by atoms with Crippen molar-refractivity contribution in [3.63, 3.8) is 0 Å². The van der Waals surface area contributed by atoms with Crippen LogP contribution in [0.5, 0.6) is 0 Å². The molecule has 0 aliphatic heterocycles. The van der Waals surface area contributed by atoms with Crippen molar-refractivity contribution in [3.8, 4) is 0 Å². The summed E-state index contributed by atoms with van der Waals surface area (Å²) in [7, 11) is -2.33. The van der Waals surface area contributed by atoms with E-state index in [0.29, 0.717) is 6.07 Å². The quantitative estimate of drug-likeness (QED) is 0.619. The van der Waals surface area contributed by atoms with E-state index in [4.69, 9.17) is 11.6 Å². The third kappa shape index (κ3) is 3.96. The van der Waals surface area contributed by atoms with Crippen LogP contribution in [0.2, 0.25) is 5.02 Å². The van der Waals surface area contributed by atoms with Gasteiger partial charge in [-0.25, -0.2) is 13.3 Å². The molecule has 1 amide bonds. The number of carbonyl (C=O) groups excluding carboxylic acids is 1. The number of amides is 1. The fourth-order valence-corrected chi connectivity index (χ4v) is 2.64. The molecule has 2 N–H and O–H groups in total. The average Bonchev–Trinajstić information content (AvgIpc) is 2.48. The van der Waals surface area contributed by atoms with Gasteiger partial charge in [0, 0.05) is 17.2 Å². The Balaban J connectivity index is 2.51. The molecule has 2 aromatic rings. The Hall–Kier alpha value is -2.07. The van der Waals surface area contributed by atoms with Gasteiger partial charge in [-0.2, -0.15) is 3.89 Å². The molecule has 0 atom stereocenters. The maximum atomic E-state index is 13.7. The van der Waals surface area contributed by atoms with Gasteiger partial charge in [-0.05, 0) is 24.3 Å². The summed E-state index contributed by atoms with van der Waals surface area (Å²) in [5.74, 6) is -2.69. The number of quaternary nitrogens is 1. The van der Waals surface area contributed by atoms with Gasteiger partial charge in [-0.1, -0.05) is 11.6 Å². The van der Waals surface area contributed by atoms with Gasteiger partial charge in [0.15, 0.2) is 5.69 Å². The van der Waals surface area contributed by atoms with Gasteiger partial charge in [-0.15, -0.1) is 8.42 Å². The Morgan fingerprint density at radius 3 is 2.36 bits per heavy atom. The zero-order chi connectivity index (χ0) is 19.0. The molecule has 6 nitrogen and oxygen atoms in total. The van der Waals surface area contributed by atoms with Crippen LogP contribution in [-0.4, -0.2) is 33.0 Å². The van der Waals surface area contributed by atoms with E-state index in [1.54, 1.807) is 0 Å².